The van der Waals surface area contributed by atoms with Crippen molar-refractivity contribution in [1.29, 1.82) is 0 Å². The number of nitrogens with zero attached hydrogens (tertiary/aromatic N) is 6. The van der Waals surface area contributed by atoms with Gasteiger partial charge in [-0.25, -0.2) is 9.78 Å². The summed E-state index contributed by atoms with van der Waals surface area (Å²) >= 11 is 0. The van der Waals surface area contributed by atoms with Gasteiger partial charge in [0.2, 0.25) is 0 Å². The summed E-state index contributed by atoms with van der Waals surface area (Å²) in [5, 5.41) is 14.4. The smallest absolute Gasteiger partial charge is 0.317 e. The third kappa shape index (κ3) is 4.13. The van der Waals surface area contributed by atoms with Crippen molar-refractivity contribution >= 4 is 6.03 Å². The third-order valence-electron chi connectivity index (χ3n) is 4.68. The quantitative estimate of drug-likeness (QED) is 0.687. The first-order chi connectivity index (χ1) is 13.3. The lowest BCUT2D eigenvalue weighted by Gasteiger charge is -2.24. The highest BCUT2D eigenvalue weighted by atomic mass is 16.2. The Morgan fingerprint density at radius 3 is 3.11 bits per heavy atom. The summed E-state index contributed by atoms with van der Waals surface area (Å²) in [4.78, 5) is 23.0. The zero-order chi connectivity index (χ0) is 18.5. The maximum atomic E-state index is 12.5. The van der Waals surface area contributed by atoms with Gasteiger partial charge in [0, 0.05) is 49.9 Å². The van der Waals surface area contributed by atoms with Gasteiger partial charge >= 0.3 is 6.03 Å². The number of amides is 2. The SMILES string of the molecule is O=C(NCCc1nc(-c2cccnc2)n[nH]1)N1CCC[C@@H]1Cn1cccn1. The zero-order valence-corrected chi connectivity index (χ0v) is 15.0. The van der Waals surface area contributed by atoms with Gasteiger partial charge in [0.25, 0.3) is 0 Å². The molecule has 0 saturated carbocycles. The third-order valence-corrected chi connectivity index (χ3v) is 4.68. The van der Waals surface area contributed by atoms with Crippen LogP contribution in [0.3, 0.4) is 0 Å². The summed E-state index contributed by atoms with van der Waals surface area (Å²) in [6.07, 6.45) is 9.75. The minimum Gasteiger partial charge on any atom is -0.338 e. The van der Waals surface area contributed by atoms with E-state index in [1.807, 2.05) is 34.0 Å². The predicted molar refractivity (Wildman–Crippen MR) is 98.7 cm³/mol. The van der Waals surface area contributed by atoms with Crippen molar-refractivity contribution in [2.75, 3.05) is 13.1 Å². The van der Waals surface area contributed by atoms with Crippen molar-refractivity contribution in [2.24, 2.45) is 0 Å². The first-order valence-corrected chi connectivity index (χ1v) is 9.13. The van der Waals surface area contributed by atoms with Gasteiger partial charge in [0.05, 0.1) is 12.6 Å². The Hall–Kier alpha value is -3.23. The maximum absolute atomic E-state index is 12.5. The molecule has 2 N–H and O–H groups in total. The largest absolute Gasteiger partial charge is 0.338 e. The summed E-state index contributed by atoms with van der Waals surface area (Å²) in [7, 11) is 0. The predicted octanol–water partition coefficient (Wildman–Crippen LogP) is 1.48. The van der Waals surface area contributed by atoms with Crippen molar-refractivity contribution < 1.29 is 4.79 Å². The number of carbonyl (C=O) groups excluding carboxylic acids is 1. The Morgan fingerprint density at radius 1 is 1.33 bits per heavy atom. The van der Waals surface area contributed by atoms with E-state index < -0.39 is 0 Å². The number of rotatable bonds is 6. The van der Waals surface area contributed by atoms with Gasteiger partial charge in [0.1, 0.15) is 5.82 Å². The molecule has 1 atom stereocenters. The fourth-order valence-electron chi connectivity index (χ4n) is 3.34. The van der Waals surface area contributed by atoms with Crippen LogP contribution in [0.5, 0.6) is 0 Å². The van der Waals surface area contributed by atoms with Crippen LogP contribution in [0.2, 0.25) is 0 Å². The number of nitrogens with one attached hydrogen (secondary N) is 2. The second kappa shape index (κ2) is 7.98. The van der Waals surface area contributed by atoms with E-state index in [4.69, 9.17) is 0 Å². The molecule has 2 amide bonds. The summed E-state index contributed by atoms with van der Waals surface area (Å²) in [6.45, 7) is 2.02. The van der Waals surface area contributed by atoms with Crippen molar-refractivity contribution in [3.8, 4) is 11.4 Å². The van der Waals surface area contributed by atoms with Crippen LogP contribution in [-0.2, 0) is 13.0 Å². The molecule has 9 heteroatoms. The molecule has 1 saturated heterocycles. The van der Waals surface area contributed by atoms with Crippen LogP contribution < -0.4 is 5.32 Å². The molecule has 1 aliphatic heterocycles. The monoisotopic (exact) mass is 366 g/mol. The molecule has 0 bridgehead atoms. The molecule has 0 aliphatic carbocycles. The van der Waals surface area contributed by atoms with Crippen molar-refractivity contribution in [1.82, 2.24) is 40.2 Å². The first-order valence-electron chi connectivity index (χ1n) is 9.13. The average Bonchev–Trinajstić information content (AvgIpc) is 3.45. The molecule has 0 spiro atoms. The summed E-state index contributed by atoms with van der Waals surface area (Å²) in [6, 6.07) is 5.82. The standard InChI is InChI=1S/C18H22N8O/c27-18(26-11-2-5-15(26)13-25-10-3-8-21-25)20-9-6-16-22-17(24-23-16)14-4-1-7-19-12-14/h1,3-4,7-8,10,12,15H,2,5-6,9,11,13H2,(H,20,27)(H,22,23,24)/t15-/m1/s1. The van der Waals surface area contributed by atoms with E-state index in [9.17, 15) is 4.79 Å². The molecule has 0 aromatic carbocycles. The number of urea groups is 1. The average molecular weight is 366 g/mol. The molecule has 3 aromatic rings. The van der Waals surface area contributed by atoms with Crippen molar-refractivity contribution in [2.45, 2.75) is 31.8 Å². The number of likely N-dealkylation sites (tertiary alicyclic amines) is 1. The Balaban J connectivity index is 1.27. The Labute approximate surface area is 156 Å². The van der Waals surface area contributed by atoms with E-state index in [0.29, 0.717) is 18.8 Å². The Bertz CT molecular complexity index is 861. The molecule has 9 nitrogen and oxygen atoms in total. The van der Waals surface area contributed by atoms with Gasteiger partial charge in [-0.15, -0.1) is 0 Å². The highest BCUT2D eigenvalue weighted by Gasteiger charge is 2.28. The molecular weight excluding hydrogens is 344 g/mol. The molecular formula is C18H22N8O. The van der Waals surface area contributed by atoms with E-state index in [2.05, 4.69) is 30.6 Å². The van der Waals surface area contributed by atoms with Crippen LogP contribution in [0, 0.1) is 0 Å². The minimum atomic E-state index is -0.0309. The summed E-state index contributed by atoms with van der Waals surface area (Å²) in [5.74, 6) is 1.35. The number of pyridine rings is 1. The van der Waals surface area contributed by atoms with Crippen LogP contribution in [0.1, 0.15) is 18.7 Å². The van der Waals surface area contributed by atoms with Crippen LogP contribution in [0.4, 0.5) is 4.79 Å². The van der Waals surface area contributed by atoms with Crippen LogP contribution in [0.25, 0.3) is 11.4 Å². The second-order valence-electron chi connectivity index (χ2n) is 6.55. The lowest BCUT2D eigenvalue weighted by Crippen LogP contribution is -2.45. The molecule has 0 unspecified atom stereocenters. The van der Waals surface area contributed by atoms with Crippen molar-refractivity contribution in [3.05, 3.63) is 48.8 Å². The number of aromatic amines is 1. The normalized spacial score (nSPS) is 16.6. The van der Waals surface area contributed by atoms with Gasteiger partial charge in [-0.1, -0.05) is 0 Å². The summed E-state index contributed by atoms with van der Waals surface area (Å²) in [5.41, 5.74) is 0.863. The van der Waals surface area contributed by atoms with Crippen LogP contribution in [0.15, 0.2) is 43.0 Å². The highest BCUT2D eigenvalue weighted by Crippen LogP contribution is 2.18. The molecule has 4 rings (SSSR count). The van der Waals surface area contributed by atoms with Gasteiger partial charge in [-0.3, -0.25) is 14.8 Å². The second-order valence-corrected chi connectivity index (χ2v) is 6.55. The van der Waals surface area contributed by atoms with E-state index in [-0.39, 0.29) is 12.1 Å². The van der Waals surface area contributed by atoms with Gasteiger partial charge in [-0.05, 0) is 31.0 Å². The van der Waals surface area contributed by atoms with Crippen LogP contribution in [-0.4, -0.2) is 60.0 Å². The van der Waals surface area contributed by atoms with Gasteiger partial charge < -0.3 is 10.2 Å². The molecule has 1 fully saturated rings. The maximum Gasteiger partial charge on any atom is 0.317 e. The molecule has 1 aliphatic rings. The fraction of sp³-hybridized carbons (Fsp3) is 0.389. The lowest BCUT2D eigenvalue weighted by molar-refractivity contribution is 0.186. The number of carbonyl (C=O) groups is 1. The molecule has 4 heterocycles. The first kappa shape index (κ1) is 17.2. The van der Waals surface area contributed by atoms with Crippen molar-refractivity contribution in [3.63, 3.8) is 0 Å². The topological polar surface area (TPSA) is 105 Å². The Morgan fingerprint density at radius 2 is 2.30 bits per heavy atom. The van der Waals surface area contributed by atoms with E-state index in [0.717, 1.165) is 37.3 Å². The zero-order valence-electron chi connectivity index (χ0n) is 15.0. The Kier molecular flexibility index (Phi) is 5.08. The minimum absolute atomic E-state index is 0.0309. The van der Waals surface area contributed by atoms with Gasteiger partial charge in [0.15, 0.2) is 5.82 Å². The molecule has 140 valence electrons. The van der Waals surface area contributed by atoms with Crippen LogP contribution >= 0.6 is 0 Å². The highest BCUT2D eigenvalue weighted by molar-refractivity contribution is 5.74. The molecule has 0 radical (unpaired) electrons. The molecule has 27 heavy (non-hydrogen) atoms. The molecule has 3 aromatic heterocycles. The lowest BCUT2D eigenvalue weighted by atomic mass is 10.2. The number of H-pyrrole nitrogens is 1. The number of hydrogen-bond acceptors (Lipinski definition) is 5. The summed E-state index contributed by atoms with van der Waals surface area (Å²) < 4.78 is 1.88. The van der Waals surface area contributed by atoms with Gasteiger partial charge in [-0.2, -0.15) is 10.2 Å². The number of hydrogen-bond donors (Lipinski definition) is 2. The van der Waals surface area contributed by atoms with E-state index in [1.165, 1.54) is 0 Å². The van der Waals surface area contributed by atoms with E-state index in [1.54, 1.807) is 18.6 Å². The number of aromatic nitrogens is 6. The van der Waals surface area contributed by atoms with E-state index >= 15 is 0 Å². The fourth-order valence-corrected chi connectivity index (χ4v) is 3.34.